The maximum Gasteiger partial charge on any atom is 0.460 e. The van der Waals surface area contributed by atoms with Crippen LogP contribution in [0.2, 0.25) is 0 Å². The van der Waals surface area contributed by atoms with Crippen molar-refractivity contribution in [1.29, 1.82) is 0 Å². The second-order valence-electron chi connectivity index (χ2n) is 8.69. The summed E-state index contributed by atoms with van der Waals surface area (Å²) in [6.07, 6.45) is -13.6. The summed E-state index contributed by atoms with van der Waals surface area (Å²) in [4.78, 5) is 24.6. The maximum atomic E-state index is 15.0. The molecule has 1 aromatic rings. The molecule has 222 valence electrons. The van der Waals surface area contributed by atoms with Crippen LogP contribution in [0.1, 0.15) is 19.4 Å². The van der Waals surface area contributed by atoms with Crippen molar-refractivity contribution in [3.05, 3.63) is 35.9 Å². The number of rotatable bonds is 10. The van der Waals surface area contributed by atoms with Crippen molar-refractivity contribution in [1.82, 2.24) is 4.90 Å². The predicted molar refractivity (Wildman–Crippen MR) is 103 cm³/mol. The Morgan fingerprint density at radius 2 is 1.36 bits per heavy atom. The number of ether oxygens (including phenoxy) is 2. The van der Waals surface area contributed by atoms with Crippen LogP contribution in [0.15, 0.2) is 30.3 Å². The van der Waals surface area contributed by atoms with Crippen molar-refractivity contribution in [2.45, 2.75) is 68.4 Å². The zero-order valence-electron chi connectivity index (χ0n) is 19.5. The van der Waals surface area contributed by atoms with Crippen LogP contribution in [0.25, 0.3) is 0 Å². The lowest BCUT2D eigenvalue weighted by Gasteiger charge is -2.41. The number of nitrogens with zero attached hydrogens (tertiary/aromatic N) is 1. The number of carbonyl (C=O) groups excluding carboxylic acids is 2. The van der Waals surface area contributed by atoms with E-state index in [0.717, 1.165) is 12.1 Å². The molecule has 0 N–H and O–H groups in total. The van der Waals surface area contributed by atoms with Gasteiger partial charge in [0.1, 0.15) is 6.61 Å². The normalized spacial score (nSPS) is 18.9. The molecule has 0 radical (unpaired) electrons. The van der Waals surface area contributed by atoms with E-state index in [-0.39, 0.29) is 10.5 Å². The third-order valence-electron chi connectivity index (χ3n) is 5.68. The van der Waals surface area contributed by atoms with E-state index in [1.807, 2.05) is 0 Å². The number of hydrogen-bond donors (Lipinski definition) is 0. The van der Waals surface area contributed by atoms with E-state index in [1.54, 1.807) is 0 Å². The number of benzene rings is 1. The standard InChI is InChI=1S/C21H18F13NO4/c1-10(2)12-9-39-15(37)35(12)14(36)13(38-8-11-6-4-3-5-7-11)16(22,23)17(24,25)18(26,27)19(28,29)20(30,31)21(32,33)34/h3-7,10,12-13H,8-9H2,1-2H3/t12-,13-/m1/s1. The van der Waals surface area contributed by atoms with E-state index >= 15 is 8.78 Å². The first-order chi connectivity index (χ1) is 17.5. The Hall–Kier alpha value is -2.79. The Morgan fingerprint density at radius 1 is 0.872 bits per heavy atom. The van der Waals surface area contributed by atoms with Crippen LogP contribution >= 0.6 is 0 Å². The largest absolute Gasteiger partial charge is 0.460 e. The number of halogens is 13. The summed E-state index contributed by atoms with van der Waals surface area (Å²) in [5, 5.41) is 0. The summed E-state index contributed by atoms with van der Waals surface area (Å²) in [7, 11) is 0. The molecule has 1 heterocycles. The smallest absolute Gasteiger partial charge is 0.447 e. The highest BCUT2D eigenvalue weighted by atomic mass is 19.4. The van der Waals surface area contributed by atoms with Gasteiger partial charge in [-0.05, 0) is 11.5 Å². The fourth-order valence-electron chi connectivity index (χ4n) is 3.34. The van der Waals surface area contributed by atoms with E-state index in [0.29, 0.717) is 0 Å². The molecular formula is C21H18F13NO4. The lowest BCUT2D eigenvalue weighted by Crippen LogP contribution is -2.73. The van der Waals surface area contributed by atoms with Crippen molar-refractivity contribution >= 4 is 12.0 Å². The van der Waals surface area contributed by atoms with Gasteiger partial charge >= 0.3 is 41.9 Å². The molecule has 5 nitrogen and oxygen atoms in total. The van der Waals surface area contributed by atoms with Gasteiger partial charge in [0, 0.05) is 0 Å². The summed E-state index contributed by atoms with van der Waals surface area (Å²) < 4.78 is 187. The average molecular weight is 595 g/mol. The molecule has 0 spiro atoms. The molecule has 1 aromatic carbocycles. The zero-order chi connectivity index (χ0) is 30.4. The number of carbonyl (C=O) groups is 2. The van der Waals surface area contributed by atoms with E-state index in [9.17, 15) is 57.9 Å². The highest BCUT2D eigenvalue weighted by molar-refractivity contribution is 5.96. The molecule has 1 aliphatic rings. The molecule has 0 saturated carbocycles. The minimum absolute atomic E-state index is 0.195. The third kappa shape index (κ3) is 5.23. The Bertz CT molecular complexity index is 1040. The number of alkyl halides is 13. The predicted octanol–water partition coefficient (Wildman–Crippen LogP) is 6.31. The highest BCUT2D eigenvalue weighted by Gasteiger charge is 2.91. The van der Waals surface area contributed by atoms with Crippen LogP contribution in [0.4, 0.5) is 61.9 Å². The van der Waals surface area contributed by atoms with Gasteiger partial charge in [0.05, 0.1) is 12.6 Å². The molecule has 1 saturated heterocycles. The number of amides is 2. The van der Waals surface area contributed by atoms with Gasteiger partial charge in [0.2, 0.25) is 6.10 Å². The molecule has 39 heavy (non-hydrogen) atoms. The molecule has 0 aromatic heterocycles. The fraction of sp³-hybridized carbons (Fsp3) is 0.619. The van der Waals surface area contributed by atoms with E-state index in [2.05, 4.69) is 9.47 Å². The molecule has 0 bridgehead atoms. The van der Waals surface area contributed by atoms with Gasteiger partial charge in [-0.25, -0.2) is 9.69 Å². The summed E-state index contributed by atoms with van der Waals surface area (Å²) in [5.74, 6) is -42.3. The minimum atomic E-state index is -8.16. The number of cyclic esters (lactones) is 1. The molecular weight excluding hydrogens is 577 g/mol. The molecule has 2 rings (SSSR count). The minimum Gasteiger partial charge on any atom is -0.447 e. The van der Waals surface area contributed by atoms with Gasteiger partial charge in [-0.1, -0.05) is 44.2 Å². The summed E-state index contributed by atoms with van der Waals surface area (Å²) in [5.41, 5.74) is -0.195. The first-order valence-corrected chi connectivity index (χ1v) is 10.6. The first kappa shape index (κ1) is 32.4. The van der Waals surface area contributed by atoms with Crippen LogP contribution in [0.3, 0.4) is 0 Å². The zero-order valence-corrected chi connectivity index (χ0v) is 19.5. The van der Waals surface area contributed by atoms with Crippen molar-refractivity contribution in [2.24, 2.45) is 5.92 Å². The van der Waals surface area contributed by atoms with Gasteiger partial charge in [-0.2, -0.15) is 57.1 Å². The van der Waals surface area contributed by atoms with Crippen molar-refractivity contribution in [3.63, 3.8) is 0 Å². The van der Waals surface area contributed by atoms with E-state index in [1.165, 1.54) is 32.0 Å². The van der Waals surface area contributed by atoms with Crippen molar-refractivity contribution in [3.8, 4) is 0 Å². The number of hydrogen-bond acceptors (Lipinski definition) is 4. The number of imide groups is 1. The van der Waals surface area contributed by atoms with E-state index < -0.39 is 79.1 Å². The van der Waals surface area contributed by atoms with Crippen LogP contribution < -0.4 is 0 Å². The molecule has 2 amide bonds. The van der Waals surface area contributed by atoms with Crippen LogP contribution in [0, 0.1) is 5.92 Å². The van der Waals surface area contributed by atoms with Gasteiger partial charge < -0.3 is 9.47 Å². The second kappa shape index (κ2) is 10.3. The lowest BCUT2D eigenvalue weighted by atomic mass is 9.90. The maximum absolute atomic E-state index is 15.0. The van der Waals surface area contributed by atoms with Gasteiger partial charge in [-0.3, -0.25) is 4.79 Å². The van der Waals surface area contributed by atoms with Gasteiger partial charge in [0.15, 0.2) is 0 Å². The SMILES string of the molecule is CC(C)[C@H]1COC(=O)N1C(=O)[C@@H](OCc1ccccc1)C(F)(F)C(F)(F)C(F)(F)C(F)(F)C(F)(F)C(F)(F)F. The van der Waals surface area contributed by atoms with Crippen molar-refractivity contribution < 1.29 is 76.1 Å². The Morgan fingerprint density at radius 3 is 1.82 bits per heavy atom. The first-order valence-electron chi connectivity index (χ1n) is 10.6. The summed E-state index contributed by atoms with van der Waals surface area (Å²) >= 11 is 0. The topological polar surface area (TPSA) is 55.8 Å². The van der Waals surface area contributed by atoms with E-state index in [4.69, 9.17) is 0 Å². The Balaban J connectivity index is 2.65. The van der Waals surface area contributed by atoms with Crippen LogP contribution in [-0.2, 0) is 20.9 Å². The Kier molecular flexibility index (Phi) is 8.57. The second-order valence-corrected chi connectivity index (χ2v) is 8.69. The Labute approximate surface area is 210 Å². The summed E-state index contributed by atoms with van der Waals surface area (Å²) in [6.45, 7) is 0.543. The molecule has 18 heteroatoms. The monoisotopic (exact) mass is 595 g/mol. The van der Waals surface area contributed by atoms with Gasteiger partial charge in [0.25, 0.3) is 5.91 Å². The van der Waals surface area contributed by atoms with Crippen LogP contribution in [-0.4, -0.2) is 71.4 Å². The highest BCUT2D eigenvalue weighted by Crippen LogP contribution is 2.61. The average Bonchev–Trinajstić information content (AvgIpc) is 3.20. The third-order valence-corrected chi connectivity index (χ3v) is 5.68. The molecule has 2 atom stereocenters. The lowest BCUT2D eigenvalue weighted by molar-refractivity contribution is -0.444. The summed E-state index contributed by atoms with van der Waals surface area (Å²) in [6, 6.07) is 4.46. The van der Waals surface area contributed by atoms with Crippen molar-refractivity contribution in [2.75, 3.05) is 6.61 Å². The molecule has 1 aliphatic heterocycles. The molecule has 1 fully saturated rings. The molecule has 0 aliphatic carbocycles. The quantitative estimate of drug-likeness (QED) is 0.298. The van der Waals surface area contributed by atoms with Crippen LogP contribution in [0.5, 0.6) is 0 Å². The fourth-order valence-corrected chi connectivity index (χ4v) is 3.34. The molecule has 0 unspecified atom stereocenters. The van der Waals surface area contributed by atoms with Gasteiger partial charge in [-0.15, -0.1) is 0 Å².